The predicted octanol–water partition coefficient (Wildman–Crippen LogP) is 0.951. The quantitative estimate of drug-likeness (QED) is 0.585. The molecule has 1 aromatic carbocycles. The third-order valence-corrected chi connectivity index (χ3v) is 1.27. The number of rotatable bonds is 1. The molecule has 1 aliphatic rings. The average Bonchev–Trinajstić information content (AvgIpc) is 2.71. The monoisotopic (exact) mass is 118 g/mol. The van der Waals surface area contributed by atoms with Crippen molar-refractivity contribution in [2.75, 3.05) is 0 Å². The molecule has 0 aromatic heterocycles. The molecule has 1 N–H and O–H groups in total. The van der Waals surface area contributed by atoms with Crippen molar-refractivity contribution in [1.82, 2.24) is 5.43 Å². The van der Waals surface area contributed by atoms with Crippen LogP contribution in [0.4, 0.5) is 0 Å². The van der Waals surface area contributed by atoms with Gasteiger partial charge in [-0.05, 0) is 0 Å². The summed E-state index contributed by atoms with van der Waals surface area (Å²) in [7, 11) is 0. The summed E-state index contributed by atoms with van der Waals surface area (Å²) in [4.78, 5) is 0. The van der Waals surface area contributed by atoms with Crippen molar-refractivity contribution in [2.24, 2.45) is 5.10 Å². The highest BCUT2D eigenvalue weighted by molar-refractivity contribution is 6.05. The van der Waals surface area contributed by atoms with Crippen LogP contribution in [0.25, 0.3) is 0 Å². The SMILES string of the molecule is c1ccc(C2=NN2)cc1. The smallest absolute Gasteiger partial charge is 0.173 e. The molecule has 1 aliphatic heterocycles. The van der Waals surface area contributed by atoms with Gasteiger partial charge in [-0.2, -0.15) is 5.10 Å². The summed E-state index contributed by atoms with van der Waals surface area (Å²) in [5.74, 6) is 0.996. The van der Waals surface area contributed by atoms with Crippen molar-refractivity contribution in [3.8, 4) is 0 Å². The number of nitrogens with one attached hydrogen (secondary N) is 1. The number of benzene rings is 1. The van der Waals surface area contributed by atoms with Crippen LogP contribution in [0.5, 0.6) is 0 Å². The molecule has 0 spiro atoms. The van der Waals surface area contributed by atoms with Gasteiger partial charge in [-0.15, -0.1) is 0 Å². The highest BCUT2D eigenvalue weighted by Crippen LogP contribution is 2.03. The van der Waals surface area contributed by atoms with Gasteiger partial charge in [0.15, 0.2) is 5.84 Å². The molecule has 0 amide bonds. The Hall–Kier alpha value is -1.31. The standard InChI is InChI=1S/C7H6N2/c1-2-4-6(5-3-1)7-8-9-7/h1-5H,(H,8,9). The molecule has 2 nitrogen and oxygen atoms in total. The van der Waals surface area contributed by atoms with Crippen LogP contribution in [-0.2, 0) is 0 Å². The Morgan fingerprint density at radius 1 is 1.11 bits per heavy atom. The predicted molar refractivity (Wildman–Crippen MR) is 36.1 cm³/mol. The molecule has 0 saturated heterocycles. The van der Waals surface area contributed by atoms with Crippen molar-refractivity contribution < 1.29 is 0 Å². The Kier molecular flexibility index (Phi) is 0.803. The fourth-order valence-electron chi connectivity index (χ4n) is 0.753. The largest absolute Gasteiger partial charge is 0.257 e. The highest BCUT2D eigenvalue weighted by atomic mass is 15.5. The van der Waals surface area contributed by atoms with Crippen LogP contribution >= 0.6 is 0 Å². The Morgan fingerprint density at radius 3 is 2.33 bits per heavy atom. The Morgan fingerprint density at radius 2 is 1.78 bits per heavy atom. The maximum absolute atomic E-state index is 3.84. The summed E-state index contributed by atoms with van der Waals surface area (Å²) in [6.45, 7) is 0. The lowest BCUT2D eigenvalue weighted by atomic mass is 10.2. The van der Waals surface area contributed by atoms with Crippen LogP contribution in [0.3, 0.4) is 0 Å². The van der Waals surface area contributed by atoms with Gasteiger partial charge in [0.1, 0.15) is 0 Å². The lowest BCUT2D eigenvalue weighted by Gasteiger charge is -1.85. The number of hydrogen-bond donors (Lipinski definition) is 1. The van der Waals surface area contributed by atoms with Crippen molar-refractivity contribution in [1.29, 1.82) is 0 Å². The lowest BCUT2D eigenvalue weighted by Crippen LogP contribution is -1.92. The van der Waals surface area contributed by atoms with Gasteiger partial charge in [-0.3, -0.25) is 5.43 Å². The first kappa shape index (κ1) is 4.56. The first-order chi connectivity index (χ1) is 4.47. The van der Waals surface area contributed by atoms with E-state index in [1.54, 1.807) is 0 Å². The normalized spacial score (nSPS) is 14.0. The third kappa shape index (κ3) is 0.785. The van der Waals surface area contributed by atoms with Gasteiger partial charge in [-0.25, -0.2) is 0 Å². The molecule has 2 rings (SSSR count). The van der Waals surface area contributed by atoms with Crippen LogP contribution < -0.4 is 5.43 Å². The number of hydrazone groups is 1. The van der Waals surface area contributed by atoms with Gasteiger partial charge in [0.05, 0.1) is 0 Å². The van der Waals surface area contributed by atoms with Gasteiger partial charge in [0, 0.05) is 5.56 Å². The van der Waals surface area contributed by atoms with Crippen molar-refractivity contribution in [3.63, 3.8) is 0 Å². The molecule has 44 valence electrons. The van der Waals surface area contributed by atoms with E-state index in [1.807, 2.05) is 30.3 Å². The Bertz CT molecular complexity index is 238. The topological polar surface area (TPSA) is 34.3 Å². The zero-order chi connectivity index (χ0) is 6.10. The molecule has 1 aromatic rings. The van der Waals surface area contributed by atoms with Gasteiger partial charge in [0.2, 0.25) is 0 Å². The first-order valence-corrected chi connectivity index (χ1v) is 2.86. The maximum atomic E-state index is 3.84. The zero-order valence-electron chi connectivity index (χ0n) is 4.83. The van der Waals surface area contributed by atoms with Gasteiger partial charge >= 0.3 is 0 Å². The van der Waals surface area contributed by atoms with E-state index in [0.29, 0.717) is 0 Å². The summed E-state index contributed by atoms with van der Waals surface area (Å²) in [5.41, 5.74) is 3.96. The summed E-state index contributed by atoms with van der Waals surface area (Å²) >= 11 is 0. The van der Waals surface area contributed by atoms with E-state index in [-0.39, 0.29) is 0 Å². The lowest BCUT2D eigenvalue weighted by molar-refractivity contribution is 1.26. The molecule has 2 heteroatoms. The second-order valence-corrected chi connectivity index (χ2v) is 1.94. The second-order valence-electron chi connectivity index (χ2n) is 1.94. The van der Waals surface area contributed by atoms with Crippen LogP contribution in [0.1, 0.15) is 5.56 Å². The zero-order valence-corrected chi connectivity index (χ0v) is 4.83. The molecule has 0 fully saturated rings. The van der Waals surface area contributed by atoms with E-state index < -0.39 is 0 Å². The molecular weight excluding hydrogens is 112 g/mol. The number of hydrogen-bond acceptors (Lipinski definition) is 2. The average molecular weight is 118 g/mol. The van der Waals surface area contributed by atoms with Crippen LogP contribution in [-0.4, -0.2) is 5.84 Å². The van der Waals surface area contributed by atoms with Crippen molar-refractivity contribution >= 4 is 5.84 Å². The summed E-state index contributed by atoms with van der Waals surface area (Å²) in [6, 6.07) is 10.0. The fraction of sp³-hybridized carbons (Fsp3) is 0. The molecule has 0 atom stereocenters. The fourth-order valence-corrected chi connectivity index (χ4v) is 0.753. The first-order valence-electron chi connectivity index (χ1n) is 2.86. The molecule has 0 bridgehead atoms. The molecular formula is C7H6N2. The summed E-state index contributed by atoms with van der Waals surface area (Å²) in [5, 5.41) is 3.84. The van der Waals surface area contributed by atoms with Gasteiger partial charge < -0.3 is 0 Å². The molecule has 0 radical (unpaired) electrons. The van der Waals surface area contributed by atoms with E-state index in [2.05, 4.69) is 10.5 Å². The number of amidine groups is 1. The minimum Gasteiger partial charge on any atom is -0.257 e. The molecule has 0 aliphatic carbocycles. The third-order valence-electron chi connectivity index (χ3n) is 1.27. The Balaban J connectivity index is 2.40. The minimum atomic E-state index is 0.996. The Labute approximate surface area is 53.2 Å². The summed E-state index contributed by atoms with van der Waals surface area (Å²) < 4.78 is 0. The molecule has 9 heavy (non-hydrogen) atoms. The van der Waals surface area contributed by atoms with E-state index in [9.17, 15) is 0 Å². The molecule has 1 heterocycles. The highest BCUT2D eigenvalue weighted by Gasteiger charge is 2.09. The molecule has 0 saturated carbocycles. The van der Waals surface area contributed by atoms with Crippen molar-refractivity contribution in [2.45, 2.75) is 0 Å². The van der Waals surface area contributed by atoms with E-state index >= 15 is 0 Å². The van der Waals surface area contributed by atoms with Crippen molar-refractivity contribution in [3.05, 3.63) is 35.9 Å². The van der Waals surface area contributed by atoms with E-state index in [1.165, 1.54) is 0 Å². The minimum absolute atomic E-state index is 0.996. The second kappa shape index (κ2) is 1.58. The van der Waals surface area contributed by atoms with Crippen LogP contribution in [0, 0.1) is 0 Å². The number of nitrogens with zero attached hydrogens (tertiary/aromatic N) is 1. The van der Waals surface area contributed by atoms with E-state index in [0.717, 1.165) is 11.4 Å². The van der Waals surface area contributed by atoms with Crippen LogP contribution in [0.15, 0.2) is 35.4 Å². The van der Waals surface area contributed by atoms with Gasteiger partial charge in [-0.1, -0.05) is 30.3 Å². The van der Waals surface area contributed by atoms with E-state index in [4.69, 9.17) is 0 Å². The molecule has 0 unspecified atom stereocenters. The summed E-state index contributed by atoms with van der Waals surface area (Å²) in [6.07, 6.45) is 0. The van der Waals surface area contributed by atoms with Crippen LogP contribution in [0.2, 0.25) is 0 Å². The van der Waals surface area contributed by atoms with Gasteiger partial charge in [0.25, 0.3) is 0 Å². The maximum Gasteiger partial charge on any atom is 0.173 e.